The van der Waals surface area contributed by atoms with Crippen LogP contribution < -0.4 is 0 Å². The van der Waals surface area contributed by atoms with Gasteiger partial charge in [0.05, 0.1) is 33.4 Å². The molecular formula is C20H10O12. The van der Waals surface area contributed by atoms with Gasteiger partial charge in [-0.15, -0.1) is 0 Å². The van der Waals surface area contributed by atoms with E-state index < -0.39 is 85.4 Å². The van der Waals surface area contributed by atoms with E-state index in [1.54, 1.807) is 0 Å². The van der Waals surface area contributed by atoms with Crippen LogP contribution in [-0.2, 0) is 0 Å². The molecule has 0 radical (unpaired) electrons. The minimum atomic E-state index is -2.09. The predicted molar refractivity (Wildman–Crippen MR) is 103 cm³/mol. The van der Waals surface area contributed by atoms with E-state index in [1.165, 1.54) is 0 Å². The highest BCUT2D eigenvalue weighted by molar-refractivity contribution is 6.31. The van der Waals surface area contributed by atoms with Gasteiger partial charge in [0.25, 0.3) is 0 Å². The molecule has 0 atom stereocenters. The molecule has 6 N–H and O–H groups in total. The molecule has 3 aromatic carbocycles. The zero-order valence-electron chi connectivity index (χ0n) is 15.4. The number of hydrogen-bond donors (Lipinski definition) is 6. The van der Waals surface area contributed by atoms with Crippen molar-refractivity contribution < 1.29 is 59.4 Å². The Morgan fingerprint density at radius 1 is 0.438 bits per heavy atom. The largest absolute Gasteiger partial charge is 0.478 e. The highest BCUT2D eigenvalue weighted by atomic mass is 16.4. The van der Waals surface area contributed by atoms with Crippen molar-refractivity contribution in [2.75, 3.05) is 0 Å². The predicted octanol–water partition coefficient (Wildman–Crippen LogP) is 2.18. The zero-order valence-corrected chi connectivity index (χ0v) is 15.4. The van der Waals surface area contributed by atoms with Crippen LogP contribution in [-0.4, -0.2) is 66.5 Å². The first kappa shape index (κ1) is 21.7. The smallest absolute Gasteiger partial charge is 0.337 e. The number of carboxylic acids is 6. The molecule has 0 bridgehead atoms. The van der Waals surface area contributed by atoms with Crippen molar-refractivity contribution in [3.05, 3.63) is 57.6 Å². The molecule has 0 fully saturated rings. The number of fused-ring (bicyclic) bond motifs is 3. The van der Waals surface area contributed by atoms with Crippen LogP contribution in [0.15, 0.2) is 24.3 Å². The van der Waals surface area contributed by atoms with E-state index in [-0.39, 0.29) is 5.39 Å². The third-order valence-corrected chi connectivity index (χ3v) is 4.76. The second-order valence-corrected chi connectivity index (χ2v) is 6.41. The van der Waals surface area contributed by atoms with Gasteiger partial charge in [0, 0.05) is 10.8 Å². The van der Waals surface area contributed by atoms with Gasteiger partial charge in [-0.3, -0.25) is 0 Å². The average Bonchev–Trinajstić information content (AvgIpc) is 2.69. The molecule has 0 aliphatic carbocycles. The number of aromatic carboxylic acids is 6. The van der Waals surface area contributed by atoms with Crippen molar-refractivity contribution in [3.63, 3.8) is 0 Å². The number of rotatable bonds is 6. The summed E-state index contributed by atoms with van der Waals surface area (Å²) in [6, 6.07) is 4.20. The van der Waals surface area contributed by atoms with Gasteiger partial charge < -0.3 is 30.6 Å². The Bertz CT molecular complexity index is 1430. The second-order valence-electron chi connectivity index (χ2n) is 6.41. The molecule has 3 aromatic rings. The molecule has 0 spiro atoms. The first-order valence-corrected chi connectivity index (χ1v) is 8.39. The van der Waals surface area contributed by atoms with Gasteiger partial charge in [-0.2, -0.15) is 0 Å². The number of carboxylic acid groups (broad SMARTS) is 6. The second kappa shape index (κ2) is 7.36. The third kappa shape index (κ3) is 3.02. The van der Waals surface area contributed by atoms with Crippen LogP contribution in [0.5, 0.6) is 0 Å². The molecule has 0 heterocycles. The standard InChI is InChI=1S/C20H10O12/c21-15(22)7-4-2-5-1-3-6-9(8(5)11(7)17(25)26)12(18(27)28)14(20(31)32)13(19(29)30)10(6)16(23)24/h1-4H,(H,21,22)(H,23,24)(H,25,26)(H,27,28)(H,29,30)(H,31,32). The van der Waals surface area contributed by atoms with Crippen molar-refractivity contribution >= 4 is 57.4 Å². The van der Waals surface area contributed by atoms with Crippen molar-refractivity contribution in [2.24, 2.45) is 0 Å². The Morgan fingerprint density at radius 2 is 0.875 bits per heavy atom. The molecule has 12 heteroatoms. The van der Waals surface area contributed by atoms with E-state index in [1.807, 2.05) is 0 Å². The molecule has 12 nitrogen and oxygen atoms in total. The van der Waals surface area contributed by atoms with E-state index in [4.69, 9.17) is 0 Å². The lowest BCUT2D eigenvalue weighted by Gasteiger charge is -2.17. The normalized spacial score (nSPS) is 10.8. The molecule has 0 saturated heterocycles. The van der Waals surface area contributed by atoms with Crippen LogP contribution in [0.3, 0.4) is 0 Å². The molecule has 0 saturated carbocycles. The maximum absolute atomic E-state index is 12.1. The Kier molecular flexibility index (Phi) is 4.99. The van der Waals surface area contributed by atoms with Gasteiger partial charge in [-0.1, -0.05) is 18.2 Å². The number of hydrogen-bond acceptors (Lipinski definition) is 6. The fraction of sp³-hybridized carbons (Fsp3) is 0. The van der Waals surface area contributed by atoms with Crippen molar-refractivity contribution in [2.45, 2.75) is 0 Å². The summed E-state index contributed by atoms with van der Waals surface area (Å²) in [6.45, 7) is 0. The summed E-state index contributed by atoms with van der Waals surface area (Å²) in [6.07, 6.45) is 0. The molecular weight excluding hydrogens is 432 g/mol. The minimum absolute atomic E-state index is 0.0434. The van der Waals surface area contributed by atoms with Gasteiger partial charge in [0.1, 0.15) is 0 Å². The molecule has 0 aliphatic heterocycles. The lowest BCUT2D eigenvalue weighted by molar-refractivity contribution is 0.0621. The first-order valence-electron chi connectivity index (χ1n) is 8.39. The SMILES string of the molecule is O=C(O)c1ccc2ccc3c(C(=O)O)c(C(=O)O)c(C(=O)O)c(C(=O)O)c3c2c1C(=O)O. The Labute approximate surface area is 175 Å². The average molecular weight is 442 g/mol. The maximum atomic E-state index is 12.1. The van der Waals surface area contributed by atoms with Crippen LogP contribution >= 0.6 is 0 Å². The number of carbonyl (C=O) groups is 6. The van der Waals surface area contributed by atoms with Crippen molar-refractivity contribution in [1.82, 2.24) is 0 Å². The third-order valence-electron chi connectivity index (χ3n) is 4.76. The number of benzene rings is 3. The molecule has 0 amide bonds. The summed E-state index contributed by atoms with van der Waals surface area (Å²) in [7, 11) is 0. The van der Waals surface area contributed by atoms with E-state index in [2.05, 4.69) is 0 Å². The Hall–Kier alpha value is -5.00. The lowest BCUT2D eigenvalue weighted by Crippen LogP contribution is -2.21. The van der Waals surface area contributed by atoms with Crippen LogP contribution in [0, 0.1) is 0 Å². The quantitative estimate of drug-likeness (QED) is 0.302. The minimum Gasteiger partial charge on any atom is -0.478 e. The molecule has 3 rings (SSSR count). The molecule has 0 unspecified atom stereocenters. The van der Waals surface area contributed by atoms with Gasteiger partial charge in [-0.25, -0.2) is 28.8 Å². The van der Waals surface area contributed by atoms with Crippen LogP contribution in [0.25, 0.3) is 21.5 Å². The molecule has 0 aromatic heterocycles. The van der Waals surface area contributed by atoms with Crippen LogP contribution in [0.2, 0.25) is 0 Å². The maximum Gasteiger partial charge on any atom is 0.337 e. The van der Waals surface area contributed by atoms with Crippen LogP contribution in [0.1, 0.15) is 62.1 Å². The molecule has 32 heavy (non-hydrogen) atoms. The van der Waals surface area contributed by atoms with Gasteiger partial charge in [0.15, 0.2) is 0 Å². The van der Waals surface area contributed by atoms with Crippen molar-refractivity contribution in [1.29, 1.82) is 0 Å². The first-order chi connectivity index (χ1) is 14.9. The van der Waals surface area contributed by atoms with Crippen LogP contribution in [0.4, 0.5) is 0 Å². The lowest BCUT2D eigenvalue weighted by atomic mass is 9.84. The van der Waals surface area contributed by atoms with E-state index in [0.717, 1.165) is 24.3 Å². The highest BCUT2D eigenvalue weighted by Crippen LogP contribution is 2.38. The Morgan fingerprint density at radius 3 is 1.31 bits per heavy atom. The van der Waals surface area contributed by atoms with Gasteiger partial charge in [0.2, 0.25) is 0 Å². The summed E-state index contributed by atoms with van der Waals surface area (Å²) in [4.78, 5) is 71.1. The summed E-state index contributed by atoms with van der Waals surface area (Å²) >= 11 is 0. The summed E-state index contributed by atoms with van der Waals surface area (Å²) < 4.78 is 0. The van der Waals surface area contributed by atoms with E-state index >= 15 is 0 Å². The summed E-state index contributed by atoms with van der Waals surface area (Å²) in [5, 5.41) is 55.6. The fourth-order valence-corrected chi connectivity index (χ4v) is 3.66. The summed E-state index contributed by atoms with van der Waals surface area (Å²) in [5.74, 6) is -11.5. The highest BCUT2D eigenvalue weighted by Gasteiger charge is 2.35. The molecule has 162 valence electrons. The van der Waals surface area contributed by atoms with Crippen molar-refractivity contribution in [3.8, 4) is 0 Å². The topological polar surface area (TPSA) is 224 Å². The fourth-order valence-electron chi connectivity index (χ4n) is 3.66. The summed E-state index contributed by atoms with van der Waals surface area (Å²) in [5.41, 5.74) is -6.68. The van der Waals surface area contributed by atoms with E-state index in [9.17, 15) is 59.4 Å². The zero-order chi connectivity index (χ0) is 24.1. The van der Waals surface area contributed by atoms with Gasteiger partial charge >= 0.3 is 35.8 Å². The van der Waals surface area contributed by atoms with Gasteiger partial charge in [-0.05, 0) is 16.8 Å². The monoisotopic (exact) mass is 442 g/mol. The molecule has 0 aliphatic rings. The Balaban J connectivity index is 2.92. The van der Waals surface area contributed by atoms with E-state index in [0.29, 0.717) is 0 Å².